The first kappa shape index (κ1) is 20.6. The van der Waals surface area contributed by atoms with Gasteiger partial charge in [0.05, 0.1) is 12.1 Å². The molecule has 3 rings (SSSR count). The lowest BCUT2D eigenvalue weighted by atomic mass is 9.99. The zero-order valence-corrected chi connectivity index (χ0v) is 15.3. The molecule has 2 aromatic carbocycles. The van der Waals surface area contributed by atoms with E-state index in [1.807, 2.05) is 0 Å². The molecule has 1 N–H and O–H groups in total. The topological polar surface area (TPSA) is 49.4 Å². The summed E-state index contributed by atoms with van der Waals surface area (Å²) in [5.74, 6) is -1.12. The quantitative estimate of drug-likeness (QED) is 0.624. The average Bonchev–Trinajstić information content (AvgIpc) is 2.70. The standard InChI is InChI=1S/C21H18F4N2O2/c22-18-3-1-2-15-13-27(11-10-17(15)18)20(29)12-26-19(28)9-6-14-4-7-16(8-5-14)21(23,24)25/h1-9H,10-13H2,(H,26,28)/b9-6+. The zero-order valence-electron chi connectivity index (χ0n) is 15.3. The van der Waals surface area contributed by atoms with E-state index in [-0.39, 0.29) is 24.8 Å². The van der Waals surface area contributed by atoms with Crippen molar-refractivity contribution < 1.29 is 27.2 Å². The maximum Gasteiger partial charge on any atom is 0.416 e. The third kappa shape index (κ3) is 5.22. The second-order valence-electron chi connectivity index (χ2n) is 6.61. The number of hydrogen-bond acceptors (Lipinski definition) is 2. The Balaban J connectivity index is 1.50. The molecule has 8 heteroatoms. The SMILES string of the molecule is O=C(/C=C/c1ccc(C(F)(F)F)cc1)NCC(=O)N1CCc2c(F)cccc2C1. The lowest BCUT2D eigenvalue weighted by Crippen LogP contribution is -2.42. The lowest BCUT2D eigenvalue weighted by molar-refractivity contribution is -0.137. The minimum atomic E-state index is -4.42. The van der Waals surface area contributed by atoms with Crippen molar-refractivity contribution >= 4 is 17.9 Å². The molecule has 29 heavy (non-hydrogen) atoms. The lowest BCUT2D eigenvalue weighted by Gasteiger charge is -2.29. The maximum atomic E-state index is 13.7. The summed E-state index contributed by atoms with van der Waals surface area (Å²) in [5, 5.41) is 2.45. The molecule has 2 aromatic rings. The van der Waals surface area contributed by atoms with Crippen molar-refractivity contribution in [2.45, 2.75) is 19.1 Å². The summed E-state index contributed by atoms with van der Waals surface area (Å²) in [7, 11) is 0. The van der Waals surface area contributed by atoms with Crippen molar-refractivity contribution in [1.82, 2.24) is 10.2 Å². The monoisotopic (exact) mass is 406 g/mol. The Labute approximate surface area is 164 Å². The highest BCUT2D eigenvalue weighted by atomic mass is 19.4. The summed E-state index contributed by atoms with van der Waals surface area (Å²) in [6, 6.07) is 9.11. The van der Waals surface area contributed by atoms with Crippen LogP contribution in [0.25, 0.3) is 6.08 Å². The van der Waals surface area contributed by atoms with Crippen molar-refractivity contribution in [3.63, 3.8) is 0 Å². The van der Waals surface area contributed by atoms with Crippen LogP contribution in [0.5, 0.6) is 0 Å². The molecule has 0 radical (unpaired) electrons. The van der Waals surface area contributed by atoms with E-state index in [9.17, 15) is 27.2 Å². The van der Waals surface area contributed by atoms with Gasteiger partial charge in [0, 0.05) is 19.2 Å². The van der Waals surface area contributed by atoms with Gasteiger partial charge in [-0.2, -0.15) is 13.2 Å². The summed E-state index contributed by atoms with van der Waals surface area (Å²) >= 11 is 0. The number of rotatable bonds is 4. The molecule has 1 aliphatic heterocycles. The molecule has 0 spiro atoms. The van der Waals surface area contributed by atoms with E-state index in [1.165, 1.54) is 24.3 Å². The highest BCUT2D eigenvalue weighted by Gasteiger charge is 2.29. The van der Waals surface area contributed by atoms with Crippen LogP contribution in [-0.2, 0) is 28.7 Å². The van der Waals surface area contributed by atoms with Crippen LogP contribution < -0.4 is 5.32 Å². The van der Waals surface area contributed by atoms with Gasteiger partial charge in [-0.1, -0.05) is 24.3 Å². The van der Waals surface area contributed by atoms with Crippen LogP contribution >= 0.6 is 0 Å². The Morgan fingerprint density at radius 3 is 2.52 bits per heavy atom. The number of carbonyl (C=O) groups excluding carboxylic acids is 2. The van der Waals surface area contributed by atoms with E-state index >= 15 is 0 Å². The van der Waals surface area contributed by atoms with Gasteiger partial charge in [-0.25, -0.2) is 4.39 Å². The molecular formula is C21H18F4N2O2. The van der Waals surface area contributed by atoms with Crippen LogP contribution in [0.2, 0.25) is 0 Å². The Morgan fingerprint density at radius 1 is 1.10 bits per heavy atom. The van der Waals surface area contributed by atoms with E-state index < -0.39 is 17.6 Å². The molecule has 0 fully saturated rings. The van der Waals surface area contributed by atoms with Gasteiger partial charge in [0.1, 0.15) is 5.82 Å². The number of nitrogens with one attached hydrogen (secondary N) is 1. The van der Waals surface area contributed by atoms with Crippen LogP contribution in [0.1, 0.15) is 22.3 Å². The number of nitrogens with zero attached hydrogens (tertiary/aromatic N) is 1. The number of fused-ring (bicyclic) bond motifs is 1. The van der Waals surface area contributed by atoms with Gasteiger partial charge in [0.25, 0.3) is 0 Å². The van der Waals surface area contributed by atoms with Crippen molar-refractivity contribution in [2.75, 3.05) is 13.1 Å². The highest BCUT2D eigenvalue weighted by Crippen LogP contribution is 2.29. The largest absolute Gasteiger partial charge is 0.416 e. The highest BCUT2D eigenvalue weighted by molar-refractivity contribution is 5.94. The van der Waals surface area contributed by atoms with Crippen molar-refractivity contribution in [2.24, 2.45) is 0 Å². The molecule has 0 saturated heterocycles. The third-order valence-electron chi connectivity index (χ3n) is 4.64. The van der Waals surface area contributed by atoms with Crippen LogP contribution in [0, 0.1) is 5.82 Å². The van der Waals surface area contributed by atoms with E-state index in [2.05, 4.69) is 5.32 Å². The minimum Gasteiger partial charge on any atom is -0.343 e. The molecular weight excluding hydrogens is 388 g/mol. The van der Waals surface area contributed by atoms with Crippen molar-refractivity contribution in [3.05, 3.63) is 76.6 Å². The number of carbonyl (C=O) groups is 2. The molecule has 0 aliphatic carbocycles. The van der Waals surface area contributed by atoms with E-state index in [4.69, 9.17) is 0 Å². The third-order valence-corrected chi connectivity index (χ3v) is 4.64. The fourth-order valence-corrected chi connectivity index (χ4v) is 3.06. The molecule has 152 valence electrons. The fourth-order valence-electron chi connectivity index (χ4n) is 3.06. The summed E-state index contributed by atoms with van der Waals surface area (Å²) in [6.07, 6.45) is -1.49. The smallest absolute Gasteiger partial charge is 0.343 e. The first-order chi connectivity index (χ1) is 13.7. The van der Waals surface area contributed by atoms with Crippen molar-refractivity contribution in [1.29, 1.82) is 0 Å². The maximum absolute atomic E-state index is 13.7. The summed E-state index contributed by atoms with van der Waals surface area (Å²) in [6.45, 7) is 0.425. The Hall–Kier alpha value is -3.16. The minimum absolute atomic E-state index is 0.221. The number of halogens is 4. The predicted molar refractivity (Wildman–Crippen MR) is 99.0 cm³/mol. The molecule has 2 amide bonds. The molecule has 0 aromatic heterocycles. The van der Waals surface area contributed by atoms with Crippen LogP contribution in [0.4, 0.5) is 17.6 Å². The Bertz CT molecular complexity index is 937. The molecule has 1 heterocycles. The molecule has 0 atom stereocenters. The van der Waals surface area contributed by atoms with Gasteiger partial charge in [-0.3, -0.25) is 9.59 Å². The zero-order chi connectivity index (χ0) is 21.0. The summed E-state index contributed by atoms with van der Waals surface area (Å²) in [5.41, 5.74) is 1.01. The molecule has 1 aliphatic rings. The molecule has 4 nitrogen and oxygen atoms in total. The molecule has 0 saturated carbocycles. The van der Waals surface area contributed by atoms with E-state index in [1.54, 1.807) is 17.0 Å². The molecule has 0 unspecified atom stereocenters. The summed E-state index contributed by atoms with van der Waals surface area (Å²) < 4.78 is 51.3. The van der Waals surface area contributed by atoms with Gasteiger partial charge in [0.15, 0.2) is 0 Å². The average molecular weight is 406 g/mol. The molecule has 0 bridgehead atoms. The van der Waals surface area contributed by atoms with Crippen LogP contribution in [0.15, 0.2) is 48.5 Å². The van der Waals surface area contributed by atoms with E-state index in [0.29, 0.717) is 24.1 Å². The van der Waals surface area contributed by atoms with Gasteiger partial charge < -0.3 is 10.2 Å². The number of alkyl halides is 3. The van der Waals surface area contributed by atoms with Crippen LogP contribution in [-0.4, -0.2) is 29.8 Å². The van der Waals surface area contributed by atoms with Crippen molar-refractivity contribution in [3.8, 4) is 0 Å². The normalized spacial score (nSPS) is 14.0. The fraction of sp³-hybridized carbons (Fsp3) is 0.238. The van der Waals surface area contributed by atoms with E-state index in [0.717, 1.165) is 23.8 Å². The number of benzene rings is 2. The Kier molecular flexibility index (Phi) is 6.00. The Morgan fingerprint density at radius 2 is 1.83 bits per heavy atom. The number of amides is 2. The first-order valence-electron chi connectivity index (χ1n) is 8.91. The van der Waals surface area contributed by atoms with Gasteiger partial charge in [-0.05, 0) is 47.4 Å². The van der Waals surface area contributed by atoms with Gasteiger partial charge in [0.2, 0.25) is 11.8 Å². The van der Waals surface area contributed by atoms with Gasteiger partial charge in [-0.15, -0.1) is 0 Å². The van der Waals surface area contributed by atoms with Gasteiger partial charge >= 0.3 is 6.18 Å². The first-order valence-corrected chi connectivity index (χ1v) is 8.91. The predicted octanol–water partition coefficient (Wildman–Crippen LogP) is 3.56. The van der Waals surface area contributed by atoms with Crippen LogP contribution in [0.3, 0.4) is 0 Å². The second-order valence-corrected chi connectivity index (χ2v) is 6.61. The second kappa shape index (κ2) is 8.46. The number of hydrogen-bond donors (Lipinski definition) is 1. The summed E-state index contributed by atoms with van der Waals surface area (Å²) in [4.78, 5) is 25.7.